The lowest BCUT2D eigenvalue weighted by Gasteiger charge is -2.64. The number of piperidine rings is 1. The van der Waals surface area contributed by atoms with E-state index >= 15 is 0 Å². The van der Waals surface area contributed by atoms with Crippen molar-refractivity contribution in [3.8, 4) is 11.5 Å². The molecule has 3 fully saturated rings. The van der Waals surface area contributed by atoms with E-state index in [1.165, 1.54) is 18.4 Å². The summed E-state index contributed by atoms with van der Waals surface area (Å²) in [4.78, 5) is 15.7. The van der Waals surface area contributed by atoms with Crippen LogP contribution in [0.1, 0.15) is 59.2 Å². The first-order valence-corrected chi connectivity index (χ1v) is 12.8. The highest BCUT2D eigenvalue weighted by Crippen LogP contribution is 2.65. The van der Waals surface area contributed by atoms with E-state index in [0.717, 1.165) is 43.0 Å². The Hall–Kier alpha value is -2.57. The summed E-state index contributed by atoms with van der Waals surface area (Å²) in [6, 6.07) is 11.2. The van der Waals surface area contributed by atoms with Gasteiger partial charge >= 0.3 is 0 Å². The highest BCUT2D eigenvalue weighted by molar-refractivity contribution is 5.94. The maximum absolute atomic E-state index is 13.2. The Balaban J connectivity index is 1.29. The lowest BCUT2D eigenvalue weighted by Crippen LogP contribution is -2.78. The van der Waals surface area contributed by atoms with Gasteiger partial charge in [0.05, 0.1) is 17.1 Å². The van der Waals surface area contributed by atoms with Gasteiger partial charge in [-0.05, 0) is 81.7 Å². The van der Waals surface area contributed by atoms with Crippen LogP contribution < -0.4 is 10.1 Å². The summed E-state index contributed by atoms with van der Waals surface area (Å²) >= 11 is 0. The molecular weight excluding hydrogens is 428 g/mol. The fourth-order valence-corrected chi connectivity index (χ4v) is 7.59. The van der Waals surface area contributed by atoms with Crippen LogP contribution in [0.25, 0.3) is 0 Å². The molecule has 1 spiro atoms. The zero-order chi connectivity index (χ0) is 23.2. The zero-order valence-corrected chi connectivity index (χ0v) is 19.6. The van der Waals surface area contributed by atoms with Gasteiger partial charge in [-0.2, -0.15) is 0 Å². The van der Waals surface area contributed by atoms with E-state index in [-0.39, 0.29) is 23.7 Å². The summed E-state index contributed by atoms with van der Waals surface area (Å²) in [5, 5.41) is 26.5. The average molecular weight is 461 g/mol. The van der Waals surface area contributed by atoms with E-state index in [4.69, 9.17) is 4.74 Å². The Bertz CT molecular complexity index is 1180. The quantitative estimate of drug-likeness (QED) is 0.653. The molecule has 5 unspecified atom stereocenters. The number of nitrogens with one attached hydrogen (secondary N) is 1. The number of benzene rings is 2. The van der Waals surface area contributed by atoms with Crippen molar-refractivity contribution in [3.63, 3.8) is 0 Å². The molecule has 3 aliphatic carbocycles. The van der Waals surface area contributed by atoms with Crippen LogP contribution in [0.3, 0.4) is 0 Å². The molecule has 2 saturated carbocycles. The van der Waals surface area contributed by atoms with E-state index in [0.29, 0.717) is 24.2 Å². The zero-order valence-electron chi connectivity index (χ0n) is 19.6. The van der Waals surface area contributed by atoms with Crippen molar-refractivity contribution in [2.45, 2.75) is 74.7 Å². The summed E-state index contributed by atoms with van der Waals surface area (Å²) in [5.74, 6) is 1.29. The first kappa shape index (κ1) is 20.8. The van der Waals surface area contributed by atoms with Gasteiger partial charge in [-0.25, -0.2) is 0 Å². The normalized spacial score (nSPS) is 35.4. The number of ether oxygens (including phenoxy) is 1. The second-order valence-electron chi connectivity index (χ2n) is 11.3. The number of carbonyl (C=O) groups excluding carboxylic acids is 1. The van der Waals surface area contributed by atoms with Crippen molar-refractivity contribution in [3.05, 3.63) is 58.7 Å². The number of phenols is 1. The Labute approximate surface area is 199 Å². The molecule has 5 aliphatic rings. The number of hydrogen-bond donors (Lipinski definition) is 3. The van der Waals surface area contributed by atoms with Crippen LogP contribution in [0.15, 0.2) is 36.4 Å². The number of aromatic hydroxyl groups is 1. The number of aliphatic hydroxyl groups is 1. The van der Waals surface area contributed by atoms with E-state index in [9.17, 15) is 15.0 Å². The predicted molar refractivity (Wildman–Crippen MR) is 127 cm³/mol. The van der Waals surface area contributed by atoms with E-state index < -0.39 is 17.1 Å². The third-order valence-corrected chi connectivity index (χ3v) is 9.39. The van der Waals surface area contributed by atoms with Gasteiger partial charge in [0.25, 0.3) is 5.91 Å². The monoisotopic (exact) mass is 460 g/mol. The molecule has 2 heterocycles. The number of likely N-dealkylation sites (tertiary alicyclic amines) is 1. The minimum Gasteiger partial charge on any atom is -0.504 e. The van der Waals surface area contributed by atoms with Gasteiger partial charge in [-0.1, -0.05) is 23.8 Å². The number of hydrogen-bond acceptors (Lipinski definition) is 5. The van der Waals surface area contributed by atoms with Crippen LogP contribution in [0.5, 0.6) is 11.5 Å². The van der Waals surface area contributed by atoms with Gasteiger partial charge in [0.15, 0.2) is 11.5 Å². The Morgan fingerprint density at radius 1 is 1.15 bits per heavy atom. The molecule has 34 heavy (non-hydrogen) atoms. The van der Waals surface area contributed by atoms with E-state index in [2.05, 4.69) is 10.2 Å². The third kappa shape index (κ3) is 2.67. The summed E-state index contributed by atoms with van der Waals surface area (Å²) in [5.41, 5.74) is 2.38. The highest BCUT2D eigenvalue weighted by atomic mass is 16.5. The molecular formula is C28H32N2O4. The average Bonchev–Trinajstić information content (AvgIpc) is 3.56. The van der Waals surface area contributed by atoms with Crippen LogP contribution in [0, 0.1) is 12.8 Å². The first-order chi connectivity index (χ1) is 16.4. The van der Waals surface area contributed by atoms with E-state index in [1.807, 2.05) is 37.3 Å². The van der Waals surface area contributed by atoms with Crippen molar-refractivity contribution in [1.29, 1.82) is 0 Å². The fraction of sp³-hybridized carbons (Fsp3) is 0.536. The topological polar surface area (TPSA) is 82.0 Å². The van der Waals surface area contributed by atoms with Crippen molar-refractivity contribution in [2.75, 3.05) is 13.1 Å². The molecule has 1 amide bonds. The summed E-state index contributed by atoms with van der Waals surface area (Å²) in [7, 11) is 0. The van der Waals surface area contributed by atoms with Crippen molar-refractivity contribution >= 4 is 5.91 Å². The lowest BCUT2D eigenvalue weighted by atomic mass is 9.48. The van der Waals surface area contributed by atoms with Crippen LogP contribution >= 0.6 is 0 Å². The minimum absolute atomic E-state index is 0.0460. The number of amides is 1. The second-order valence-corrected chi connectivity index (χ2v) is 11.3. The predicted octanol–water partition coefficient (Wildman–Crippen LogP) is 3.06. The molecule has 5 atom stereocenters. The van der Waals surface area contributed by atoms with Crippen LogP contribution in [0.2, 0.25) is 0 Å². The molecule has 178 valence electrons. The summed E-state index contributed by atoms with van der Waals surface area (Å²) in [6.07, 6.45) is 5.01. The van der Waals surface area contributed by atoms with E-state index in [1.54, 1.807) is 6.07 Å². The Morgan fingerprint density at radius 2 is 1.94 bits per heavy atom. The van der Waals surface area contributed by atoms with Crippen molar-refractivity contribution in [2.24, 2.45) is 5.92 Å². The number of rotatable bonds is 4. The third-order valence-electron chi connectivity index (χ3n) is 9.39. The molecule has 6 heteroatoms. The number of phenolic OH excluding ortho intramolecular Hbond substituents is 1. The maximum Gasteiger partial charge on any atom is 0.251 e. The fourth-order valence-electron chi connectivity index (χ4n) is 7.59. The molecule has 1 saturated heterocycles. The van der Waals surface area contributed by atoms with Gasteiger partial charge in [0.1, 0.15) is 6.10 Å². The number of carbonyl (C=O) groups is 1. The standard InChI is InChI=1S/C28H32N2O4/c1-16-2-6-18(7-3-16)26(32)29-20-10-11-28(33)22-14-19-8-9-21(31)24-23(19)27(28,25(20)34-24)12-13-30(22)15-17-4-5-17/h2-3,6-9,17,20,22,25,31,33H,4-5,10-15H2,1H3,(H,29,32). The maximum atomic E-state index is 13.2. The molecule has 3 N–H and O–H groups in total. The Kier molecular flexibility index (Phi) is 4.27. The molecule has 2 bridgehead atoms. The van der Waals surface area contributed by atoms with Crippen LogP contribution in [-0.4, -0.2) is 57.9 Å². The molecule has 0 radical (unpaired) electrons. The largest absolute Gasteiger partial charge is 0.504 e. The summed E-state index contributed by atoms with van der Waals surface area (Å²) < 4.78 is 6.53. The van der Waals surface area contributed by atoms with Crippen molar-refractivity contribution < 1.29 is 19.7 Å². The number of aryl methyl sites for hydroxylation is 1. The first-order valence-electron chi connectivity index (χ1n) is 12.8. The molecule has 7 rings (SSSR count). The van der Waals surface area contributed by atoms with Gasteiger partial charge in [-0.15, -0.1) is 0 Å². The summed E-state index contributed by atoms with van der Waals surface area (Å²) in [6.45, 7) is 3.98. The van der Waals surface area contributed by atoms with Crippen molar-refractivity contribution in [1.82, 2.24) is 10.2 Å². The smallest absolute Gasteiger partial charge is 0.251 e. The van der Waals surface area contributed by atoms with Gasteiger partial charge in [0, 0.05) is 23.7 Å². The van der Waals surface area contributed by atoms with Gasteiger partial charge in [-0.3, -0.25) is 9.69 Å². The second kappa shape index (κ2) is 6.98. The van der Waals surface area contributed by atoms with Crippen LogP contribution in [0.4, 0.5) is 0 Å². The molecule has 2 aliphatic heterocycles. The number of nitrogens with zero attached hydrogens (tertiary/aromatic N) is 1. The van der Waals surface area contributed by atoms with Gasteiger partial charge < -0.3 is 20.3 Å². The minimum atomic E-state index is -0.929. The SMILES string of the molecule is Cc1ccc(C(=O)NC2CCC3(O)C4Cc5ccc(O)c6c5C3(CCN4CC3CC3)C2O6)cc1. The lowest BCUT2D eigenvalue weighted by molar-refractivity contribution is -0.191. The Morgan fingerprint density at radius 3 is 2.71 bits per heavy atom. The molecule has 6 nitrogen and oxygen atoms in total. The molecule has 2 aromatic carbocycles. The highest BCUT2D eigenvalue weighted by Gasteiger charge is 2.73. The van der Waals surface area contributed by atoms with Gasteiger partial charge in [0.2, 0.25) is 0 Å². The van der Waals surface area contributed by atoms with Crippen LogP contribution in [-0.2, 0) is 11.8 Å². The molecule has 0 aromatic heterocycles. The molecule has 2 aromatic rings.